The molecule has 0 aliphatic carbocycles. The van der Waals surface area contributed by atoms with Crippen LogP contribution in [0.5, 0.6) is 11.5 Å². The number of hydrogen-bond donors (Lipinski definition) is 1. The third-order valence-corrected chi connectivity index (χ3v) is 4.78. The molecule has 3 aromatic rings. The van der Waals surface area contributed by atoms with Gasteiger partial charge in [-0.05, 0) is 18.2 Å². The van der Waals surface area contributed by atoms with Crippen molar-refractivity contribution in [2.24, 2.45) is 0 Å². The lowest BCUT2D eigenvalue weighted by molar-refractivity contribution is -0.116. The van der Waals surface area contributed by atoms with Gasteiger partial charge in [0.2, 0.25) is 5.91 Å². The number of benzene rings is 2. The Labute approximate surface area is 159 Å². The third kappa shape index (κ3) is 2.87. The number of ether oxygens (including phenoxy) is 2. The molecule has 1 aliphatic rings. The van der Waals surface area contributed by atoms with Crippen LogP contribution in [-0.2, 0) is 4.79 Å². The Kier molecular flexibility index (Phi) is 4.46. The molecule has 28 heavy (non-hydrogen) atoms. The fourth-order valence-electron chi connectivity index (χ4n) is 3.42. The van der Waals surface area contributed by atoms with Gasteiger partial charge < -0.3 is 14.8 Å². The molecule has 6 nitrogen and oxygen atoms in total. The zero-order chi connectivity index (χ0) is 19.8. The highest BCUT2D eigenvalue weighted by Gasteiger charge is 2.33. The number of fused-ring (bicyclic) bond motifs is 1. The number of carbonyl (C=O) groups is 1. The molecular weight excluding hydrogens is 368 g/mol. The molecule has 1 N–H and O–H groups in total. The van der Waals surface area contributed by atoms with Crippen LogP contribution in [0.15, 0.2) is 42.7 Å². The van der Waals surface area contributed by atoms with Crippen LogP contribution in [0, 0.1) is 11.6 Å². The van der Waals surface area contributed by atoms with Gasteiger partial charge in [-0.1, -0.05) is 12.1 Å². The van der Waals surface area contributed by atoms with Gasteiger partial charge in [0.25, 0.3) is 0 Å². The summed E-state index contributed by atoms with van der Waals surface area (Å²) in [5, 5.41) is 2.78. The van der Waals surface area contributed by atoms with E-state index in [1.807, 2.05) is 0 Å². The van der Waals surface area contributed by atoms with Crippen molar-refractivity contribution in [3.05, 3.63) is 65.6 Å². The maximum atomic E-state index is 14.4. The summed E-state index contributed by atoms with van der Waals surface area (Å²) < 4.78 is 40.4. The van der Waals surface area contributed by atoms with E-state index in [4.69, 9.17) is 9.47 Å². The van der Waals surface area contributed by atoms with Gasteiger partial charge in [-0.3, -0.25) is 9.36 Å². The van der Waals surface area contributed by atoms with Crippen LogP contribution in [0.2, 0.25) is 0 Å². The molecule has 0 saturated carbocycles. The Hall–Kier alpha value is -3.42. The minimum atomic E-state index is -0.971. The standard InChI is InChI=1S/C20H17F2N3O3/c1-27-11-6-7-16(28-2)15(8-11)25-10-23-19-13(9-17(26)24-20(19)25)12-4-3-5-14(21)18(12)22/h3-8,10,13H,9H2,1-2H3,(H,24,26). The van der Waals surface area contributed by atoms with E-state index in [0.717, 1.165) is 6.07 Å². The van der Waals surface area contributed by atoms with Crippen LogP contribution in [0.4, 0.5) is 14.6 Å². The molecule has 8 heteroatoms. The van der Waals surface area contributed by atoms with E-state index in [2.05, 4.69) is 10.3 Å². The van der Waals surface area contributed by atoms with E-state index in [1.54, 1.807) is 29.9 Å². The molecule has 1 unspecified atom stereocenters. The molecule has 2 aromatic carbocycles. The Morgan fingerprint density at radius 1 is 1.18 bits per heavy atom. The van der Waals surface area contributed by atoms with Crippen molar-refractivity contribution in [2.45, 2.75) is 12.3 Å². The summed E-state index contributed by atoms with van der Waals surface area (Å²) in [6.45, 7) is 0. The van der Waals surface area contributed by atoms with Crippen LogP contribution in [-0.4, -0.2) is 29.7 Å². The van der Waals surface area contributed by atoms with E-state index < -0.39 is 17.6 Å². The first kappa shape index (κ1) is 18.0. The van der Waals surface area contributed by atoms with Crippen molar-refractivity contribution in [3.8, 4) is 17.2 Å². The van der Waals surface area contributed by atoms with Gasteiger partial charge in [0, 0.05) is 24.0 Å². The number of carbonyl (C=O) groups excluding carboxylic acids is 1. The quantitative estimate of drug-likeness (QED) is 0.745. The molecule has 0 bridgehead atoms. The van der Waals surface area contributed by atoms with E-state index in [-0.39, 0.29) is 17.9 Å². The van der Waals surface area contributed by atoms with Gasteiger partial charge in [0.1, 0.15) is 23.6 Å². The summed E-state index contributed by atoms with van der Waals surface area (Å²) in [6.07, 6.45) is 1.48. The number of nitrogens with one attached hydrogen (secondary N) is 1. The second kappa shape index (κ2) is 6.95. The van der Waals surface area contributed by atoms with Gasteiger partial charge in [0.05, 0.1) is 25.6 Å². The maximum absolute atomic E-state index is 14.4. The lowest BCUT2D eigenvalue weighted by Gasteiger charge is -2.24. The zero-order valence-electron chi connectivity index (χ0n) is 15.2. The molecule has 0 fully saturated rings. The highest BCUT2D eigenvalue weighted by molar-refractivity contribution is 5.94. The smallest absolute Gasteiger partial charge is 0.226 e. The topological polar surface area (TPSA) is 65.4 Å². The van der Waals surface area contributed by atoms with Crippen LogP contribution in [0.1, 0.15) is 23.6 Å². The number of rotatable bonds is 4. The molecule has 4 rings (SSSR count). The molecule has 1 atom stereocenters. The zero-order valence-corrected chi connectivity index (χ0v) is 15.2. The van der Waals surface area contributed by atoms with Crippen LogP contribution in [0.25, 0.3) is 5.69 Å². The highest BCUT2D eigenvalue weighted by Crippen LogP contribution is 2.40. The highest BCUT2D eigenvalue weighted by atomic mass is 19.2. The molecule has 0 saturated heterocycles. The van der Waals surface area contributed by atoms with E-state index in [9.17, 15) is 13.6 Å². The van der Waals surface area contributed by atoms with Crippen LogP contribution < -0.4 is 14.8 Å². The summed E-state index contributed by atoms with van der Waals surface area (Å²) in [7, 11) is 3.07. The Bertz CT molecular complexity index is 1060. The first-order chi connectivity index (χ1) is 13.5. The molecule has 1 aromatic heterocycles. The Morgan fingerprint density at radius 3 is 2.75 bits per heavy atom. The predicted molar refractivity (Wildman–Crippen MR) is 98.1 cm³/mol. The molecule has 1 amide bonds. The second-order valence-corrected chi connectivity index (χ2v) is 6.33. The molecule has 0 spiro atoms. The maximum Gasteiger partial charge on any atom is 0.226 e. The largest absolute Gasteiger partial charge is 0.497 e. The second-order valence-electron chi connectivity index (χ2n) is 6.33. The van der Waals surface area contributed by atoms with Crippen molar-refractivity contribution in [2.75, 3.05) is 19.5 Å². The number of nitrogens with zero attached hydrogens (tertiary/aromatic N) is 2. The normalized spacial score (nSPS) is 15.7. The van der Waals surface area contributed by atoms with Crippen molar-refractivity contribution >= 4 is 11.7 Å². The van der Waals surface area contributed by atoms with Crippen molar-refractivity contribution in [3.63, 3.8) is 0 Å². The average molecular weight is 385 g/mol. The summed E-state index contributed by atoms with van der Waals surface area (Å²) in [4.78, 5) is 16.7. The summed E-state index contributed by atoms with van der Waals surface area (Å²) >= 11 is 0. The monoisotopic (exact) mass is 385 g/mol. The average Bonchev–Trinajstić information content (AvgIpc) is 3.12. The fraction of sp³-hybridized carbons (Fsp3) is 0.200. The lowest BCUT2D eigenvalue weighted by Crippen LogP contribution is -2.25. The van der Waals surface area contributed by atoms with Gasteiger partial charge in [-0.15, -0.1) is 0 Å². The van der Waals surface area contributed by atoms with Crippen molar-refractivity contribution < 1.29 is 23.0 Å². The Balaban J connectivity index is 1.87. The van der Waals surface area contributed by atoms with E-state index >= 15 is 0 Å². The number of aromatic nitrogens is 2. The third-order valence-electron chi connectivity index (χ3n) is 4.78. The number of methoxy groups -OCH3 is 2. The first-order valence-corrected chi connectivity index (χ1v) is 8.57. The van der Waals surface area contributed by atoms with Gasteiger partial charge >= 0.3 is 0 Å². The first-order valence-electron chi connectivity index (χ1n) is 8.57. The van der Waals surface area contributed by atoms with Gasteiger partial charge in [-0.2, -0.15) is 0 Å². The molecular formula is C20H17F2N3O3. The van der Waals surface area contributed by atoms with E-state index in [0.29, 0.717) is 28.7 Å². The number of halogens is 2. The lowest BCUT2D eigenvalue weighted by atomic mass is 9.89. The minimum Gasteiger partial charge on any atom is -0.497 e. The van der Waals surface area contributed by atoms with Crippen molar-refractivity contribution in [1.82, 2.24) is 9.55 Å². The molecule has 0 radical (unpaired) electrons. The summed E-state index contributed by atoms with van der Waals surface area (Å²) in [6, 6.07) is 9.14. The molecule has 2 heterocycles. The minimum absolute atomic E-state index is 0.0281. The van der Waals surface area contributed by atoms with Gasteiger partial charge in [0.15, 0.2) is 11.6 Å². The molecule has 144 valence electrons. The van der Waals surface area contributed by atoms with Gasteiger partial charge in [-0.25, -0.2) is 13.8 Å². The number of amides is 1. The number of anilines is 1. The number of imidazole rings is 1. The fourth-order valence-corrected chi connectivity index (χ4v) is 3.42. The summed E-state index contributed by atoms with van der Waals surface area (Å²) in [5.74, 6) is -1.43. The SMILES string of the molecule is COc1ccc(OC)c(-n2cnc3c2NC(=O)CC3c2cccc(F)c2F)c1. The number of hydrogen-bond acceptors (Lipinski definition) is 4. The van der Waals surface area contributed by atoms with Crippen molar-refractivity contribution in [1.29, 1.82) is 0 Å². The van der Waals surface area contributed by atoms with E-state index in [1.165, 1.54) is 25.6 Å². The van der Waals surface area contributed by atoms with Crippen LogP contribution in [0.3, 0.4) is 0 Å². The molecule has 1 aliphatic heterocycles. The summed E-state index contributed by atoms with van der Waals surface area (Å²) in [5.41, 5.74) is 1.14. The Morgan fingerprint density at radius 2 is 2.00 bits per heavy atom. The van der Waals surface area contributed by atoms with Crippen LogP contribution >= 0.6 is 0 Å². The predicted octanol–water partition coefficient (Wildman–Crippen LogP) is 3.64.